The third-order valence-corrected chi connectivity index (χ3v) is 4.92. The van der Waals surface area contributed by atoms with E-state index in [9.17, 15) is 4.79 Å². The highest BCUT2D eigenvalue weighted by Gasteiger charge is 2.20. The predicted octanol–water partition coefficient (Wildman–Crippen LogP) is 2.43. The van der Waals surface area contributed by atoms with Gasteiger partial charge < -0.3 is 9.73 Å². The summed E-state index contributed by atoms with van der Waals surface area (Å²) in [7, 11) is 0. The summed E-state index contributed by atoms with van der Waals surface area (Å²) in [6.07, 6.45) is 1.61. The van der Waals surface area contributed by atoms with Crippen LogP contribution in [0.3, 0.4) is 0 Å². The molecular weight excluding hydrogens is 334 g/mol. The van der Waals surface area contributed by atoms with E-state index < -0.39 is 0 Å². The summed E-state index contributed by atoms with van der Waals surface area (Å²) in [6, 6.07) is 3.82. The minimum Gasteiger partial charge on any atom is -0.461 e. The number of amides is 1. The zero-order valence-corrected chi connectivity index (χ0v) is 14.5. The number of carbonyl (C=O) groups excluding carboxylic acids is 1. The fourth-order valence-electron chi connectivity index (χ4n) is 2.11. The maximum absolute atomic E-state index is 12.0. The average molecular weight is 351 g/mol. The van der Waals surface area contributed by atoms with E-state index in [0.717, 1.165) is 12.3 Å². The Morgan fingerprint density at radius 1 is 1.52 bits per heavy atom. The molecule has 0 radical (unpaired) electrons. The van der Waals surface area contributed by atoms with E-state index in [1.807, 2.05) is 30.5 Å². The van der Waals surface area contributed by atoms with E-state index in [0.29, 0.717) is 21.9 Å². The number of hydrogen-bond donors (Lipinski definition) is 1. The molecule has 0 spiro atoms. The summed E-state index contributed by atoms with van der Waals surface area (Å²) in [5.74, 6) is 2.45. The molecule has 0 bridgehead atoms. The number of hydrogen-bond acceptors (Lipinski definition) is 7. The van der Waals surface area contributed by atoms with E-state index in [1.54, 1.807) is 18.0 Å². The van der Waals surface area contributed by atoms with Crippen molar-refractivity contribution in [1.29, 1.82) is 0 Å². The Hall–Kier alpha value is -1.74. The van der Waals surface area contributed by atoms with Gasteiger partial charge in [-0.2, -0.15) is 0 Å². The van der Waals surface area contributed by atoms with E-state index in [2.05, 4.69) is 20.5 Å². The quantitative estimate of drug-likeness (QED) is 0.833. The summed E-state index contributed by atoms with van der Waals surface area (Å²) in [5, 5.41) is 12.6. The van der Waals surface area contributed by atoms with Gasteiger partial charge in [-0.3, -0.25) is 14.4 Å². The number of amidine groups is 1. The fourth-order valence-corrected chi connectivity index (χ4v) is 3.72. The molecule has 0 aliphatic carbocycles. The molecule has 0 aromatic carbocycles. The Labute approximate surface area is 142 Å². The van der Waals surface area contributed by atoms with Gasteiger partial charge in [-0.25, -0.2) is 0 Å². The van der Waals surface area contributed by atoms with Crippen LogP contribution in [0.15, 0.2) is 33.0 Å². The maximum atomic E-state index is 12.0. The molecule has 1 aliphatic heterocycles. The van der Waals surface area contributed by atoms with Crippen molar-refractivity contribution in [3.63, 3.8) is 0 Å². The summed E-state index contributed by atoms with van der Waals surface area (Å²) >= 11 is 2.92. The first kappa shape index (κ1) is 16.1. The normalized spacial score (nSPS) is 14.3. The lowest BCUT2D eigenvalue weighted by atomic mass is 10.3. The van der Waals surface area contributed by atoms with Gasteiger partial charge in [0.25, 0.3) is 0 Å². The van der Waals surface area contributed by atoms with Crippen LogP contribution in [0.5, 0.6) is 0 Å². The molecule has 7 nitrogen and oxygen atoms in total. The summed E-state index contributed by atoms with van der Waals surface area (Å²) in [4.78, 5) is 16.2. The molecule has 3 heterocycles. The molecule has 1 N–H and O–H groups in total. The molecule has 2 aromatic rings. The highest BCUT2D eigenvalue weighted by Crippen LogP contribution is 2.27. The van der Waals surface area contributed by atoms with Gasteiger partial charge in [0, 0.05) is 11.8 Å². The minimum atomic E-state index is -0.0824. The van der Waals surface area contributed by atoms with Crippen molar-refractivity contribution in [2.24, 2.45) is 4.99 Å². The third-order valence-electron chi connectivity index (χ3n) is 3.09. The van der Waals surface area contributed by atoms with Gasteiger partial charge in [0.05, 0.1) is 18.6 Å². The average Bonchev–Trinajstić information content (AvgIpc) is 3.25. The molecule has 0 unspecified atom stereocenters. The van der Waals surface area contributed by atoms with Crippen LogP contribution < -0.4 is 5.32 Å². The molecule has 2 aromatic heterocycles. The van der Waals surface area contributed by atoms with Crippen molar-refractivity contribution in [2.75, 3.05) is 18.1 Å². The first-order valence-corrected chi connectivity index (χ1v) is 9.21. The van der Waals surface area contributed by atoms with Gasteiger partial charge in [0.1, 0.15) is 0 Å². The lowest BCUT2D eigenvalue weighted by Crippen LogP contribution is -2.29. The fraction of sp³-hybridized carbons (Fsp3) is 0.429. The van der Waals surface area contributed by atoms with Crippen molar-refractivity contribution in [3.05, 3.63) is 18.4 Å². The lowest BCUT2D eigenvalue weighted by Gasteiger charge is -2.12. The number of carbonyl (C=O) groups is 1. The number of furan rings is 1. The molecule has 0 atom stereocenters. The Bertz CT molecular complexity index is 709. The van der Waals surface area contributed by atoms with Gasteiger partial charge in [-0.15, -0.1) is 10.2 Å². The van der Waals surface area contributed by atoms with E-state index in [-0.39, 0.29) is 17.7 Å². The summed E-state index contributed by atoms with van der Waals surface area (Å²) < 4.78 is 7.38. The largest absolute Gasteiger partial charge is 0.461 e. The van der Waals surface area contributed by atoms with Crippen LogP contribution in [0.25, 0.3) is 11.6 Å². The van der Waals surface area contributed by atoms with Crippen molar-refractivity contribution < 1.29 is 9.21 Å². The van der Waals surface area contributed by atoms with Crippen LogP contribution in [0, 0.1) is 0 Å². The number of nitrogens with one attached hydrogen (secondary N) is 1. The first-order chi connectivity index (χ1) is 11.1. The standard InChI is InChI=1S/C14H17N5O2S2/c1-9(2)19-12(10-4-3-6-21-10)17-18-14(19)23-8-11(20)16-13-15-5-7-22-13/h3-4,6,9H,5,7-8H2,1-2H3,(H,15,16,20). The number of thioether (sulfide) groups is 2. The van der Waals surface area contributed by atoms with Crippen LogP contribution in [0.2, 0.25) is 0 Å². The van der Waals surface area contributed by atoms with Crippen LogP contribution in [0.1, 0.15) is 19.9 Å². The van der Waals surface area contributed by atoms with Crippen LogP contribution >= 0.6 is 23.5 Å². The minimum absolute atomic E-state index is 0.0824. The molecule has 1 aliphatic rings. The zero-order chi connectivity index (χ0) is 16.2. The third kappa shape index (κ3) is 3.78. The van der Waals surface area contributed by atoms with Gasteiger partial charge in [-0.1, -0.05) is 23.5 Å². The molecule has 9 heteroatoms. The van der Waals surface area contributed by atoms with Crippen molar-refractivity contribution in [2.45, 2.75) is 25.0 Å². The number of rotatable bonds is 5. The van der Waals surface area contributed by atoms with Gasteiger partial charge in [0.15, 0.2) is 16.1 Å². The maximum Gasteiger partial charge on any atom is 0.236 e. The second kappa shape index (κ2) is 7.22. The van der Waals surface area contributed by atoms with Crippen LogP contribution in [-0.4, -0.2) is 43.9 Å². The van der Waals surface area contributed by atoms with E-state index >= 15 is 0 Å². The lowest BCUT2D eigenvalue weighted by molar-refractivity contribution is -0.117. The smallest absolute Gasteiger partial charge is 0.236 e. The molecule has 122 valence electrons. The van der Waals surface area contributed by atoms with Crippen LogP contribution in [0.4, 0.5) is 0 Å². The van der Waals surface area contributed by atoms with Gasteiger partial charge >= 0.3 is 0 Å². The molecule has 0 saturated carbocycles. The monoisotopic (exact) mass is 351 g/mol. The summed E-state index contributed by atoms with van der Waals surface area (Å²) in [5.41, 5.74) is 0. The highest BCUT2D eigenvalue weighted by molar-refractivity contribution is 8.14. The van der Waals surface area contributed by atoms with E-state index in [4.69, 9.17) is 4.42 Å². The Kier molecular flexibility index (Phi) is 5.06. The van der Waals surface area contributed by atoms with Crippen molar-refractivity contribution in [3.8, 4) is 11.6 Å². The van der Waals surface area contributed by atoms with Gasteiger partial charge in [-0.05, 0) is 26.0 Å². The molecule has 3 rings (SSSR count). The first-order valence-electron chi connectivity index (χ1n) is 7.24. The van der Waals surface area contributed by atoms with E-state index in [1.165, 1.54) is 11.8 Å². The Morgan fingerprint density at radius 3 is 3.04 bits per heavy atom. The Morgan fingerprint density at radius 2 is 2.39 bits per heavy atom. The molecule has 0 fully saturated rings. The number of nitrogens with zero attached hydrogens (tertiary/aromatic N) is 4. The van der Waals surface area contributed by atoms with Crippen molar-refractivity contribution in [1.82, 2.24) is 20.1 Å². The molecule has 23 heavy (non-hydrogen) atoms. The SMILES string of the molecule is CC(C)n1c(SCC(=O)NC2=NCCS2)nnc1-c1ccco1. The molecular formula is C14H17N5O2S2. The highest BCUT2D eigenvalue weighted by atomic mass is 32.2. The van der Waals surface area contributed by atoms with Crippen molar-refractivity contribution >= 4 is 34.6 Å². The molecule has 0 saturated heterocycles. The van der Waals surface area contributed by atoms with Crippen LogP contribution in [-0.2, 0) is 4.79 Å². The van der Waals surface area contributed by atoms with Gasteiger partial charge in [0.2, 0.25) is 11.7 Å². The number of aliphatic imine (C=N–C) groups is 1. The predicted molar refractivity (Wildman–Crippen MR) is 91.7 cm³/mol. The zero-order valence-electron chi connectivity index (χ0n) is 12.9. The second-order valence-electron chi connectivity index (χ2n) is 5.12. The topological polar surface area (TPSA) is 85.3 Å². The Balaban J connectivity index is 1.69. The summed E-state index contributed by atoms with van der Waals surface area (Å²) in [6.45, 7) is 4.86. The second-order valence-corrected chi connectivity index (χ2v) is 7.15. The molecule has 1 amide bonds. The number of aromatic nitrogens is 3.